The van der Waals surface area contributed by atoms with Crippen LogP contribution in [0, 0.1) is 11.6 Å². The SMILES string of the molecule is CN1C(=O)c2ccc(C(=O)NC[C@H](O)c3ccc(F)c(F)c3)cc2C1=O. The summed E-state index contributed by atoms with van der Waals surface area (Å²) in [4.78, 5) is 36.9. The van der Waals surface area contributed by atoms with Crippen LogP contribution in [-0.2, 0) is 0 Å². The number of hydrogen-bond donors (Lipinski definition) is 2. The molecule has 2 aromatic rings. The van der Waals surface area contributed by atoms with Gasteiger partial charge in [-0.05, 0) is 35.9 Å². The zero-order chi connectivity index (χ0) is 19.0. The highest BCUT2D eigenvalue weighted by Gasteiger charge is 2.33. The Kier molecular flexibility index (Phi) is 4.52. The van der Waals surface area contributed by atoms with Crippen molar-refractivity contribution >= 4 is 17.7 Å². The van der Waals surface area contributed by atoms with Gasteiger partial charge < -0.3 is 10.4 Å². The highest BCUT2D eigenvalue weighted by Crippen LogP contribution is 2.23. The predicted octanol–water partition coefficient (Wildman–Crippen LogP) is 1.65. The van der Waals surface area contributed by atoms with Crippen molar-refractivity contribution in [3.63, 3.8) is 0 Å². The molecular formula is C18H14F2N2O4. The van der Waals surface area contributed by atoms with Gasteiger partial charge in [0.05, 0.1) is 17.2 Å². The second kappa shape index (κ2) is 6.64. The summed E-state index contributed by atoms with van der Waals surface area (Å²) in [6.07, 6.45) is -1.24. The van der Waals surface area contributed by atoms with Gasteiger partial charge in [0.2, 0.25) is 0 Å². The largest absolute Gasteiger partial charge is 0.387 e. The van der Waals surface area contributed by atoms with Crippen LogP contribution in [0.1, 0.15) is 42.7 Å². The summed E-state index contributed by atoms with van der Waals surface area (Å²) in [7, 11) is 1.35. The lowest BCUT2D eigenvalue weighted by Gasteiger charge is -2.13. The van der Waals surface area contributed by atoms with E-state index in [-0.39, 0.29) is 28.8 Å². The number of fused-ring (bicyclic) bond motifs is 1. The second-order valence-corrected chi connectivity index (χ2v) is 5.83. The van der Waals surface area contributed by atoms with E-state index in [4.69, 9.17) is 0 Å². The van der Waals surface area contributed by atoms with Crippen molar-refractivity contribution in [1.29, 1.82) is 0 Å². The maximum absolute atomic E-state index is 13.2. The Morgan fingerprint density at radius 2 is 1.77 bits per heavy atom. The minimum Gasteiger partial charge on any atom is -0.387 e. The van der Waals surface area contributed by atoms with Crippen molar-refractivity contribution < 1.29 is 28.3 Å². The van der Waals surface area contributed by atoms with Crippen LogP contribution in [0.25, 0.3) is 0 Å². The highest BCUT2D eigenvalue weighted by atomic mass is 19.2. The summed E-state index contributed by atoms with van der Waals surface area (Å²) in [5.74, 6) is -3.65. The Morgan fingerprint density at radius 3 is 2.46 bits per heavy atom. The van der Waals surface area contributed by atoms with Crippen molar-refractivity contribution in [2.75, 3.05) is 13.6 Å². The first-order chi connectivity index (χ1) is 12.3. The molecule has 8 heteroatoms. The summed E-state index contributed by atoms with van der Waals surface area (Å²) >= 11 is 0. The first-order valence-corrected chi connectivity index (χ1v) is 7.67. The van der Waals surface area contributed by atoms with E-state index in [1.807, 2.05) is 0 Å². The summed E-state index contributed by atoms with van der Waals surface area (Å²) in [5.41, 5.74) is 0.598. The van der Waals surface area contributed by atoms with E-state index in [0.717, 1.165) is 17.0 Å². The molecule has 1 atom stereocenters. The molecule has 1 aliphatic heterocycles. The van der Waals surface area contributed by atoms with Gasteiger partial charge in [-0.15, -0.1) is 0 Å². The van der Waals surface area contributed by atoms with Crippen molar-refractivity contribution in [1.82, 2.24) is 10.2 Å². The zero-order valence-electron chi connectivity index (χ0n) is 13.6. The smallest absolute Gasteiger partial charge is 0.261 e. The van der Waals surface area contributed by atoms with Gasteiger partial charge >= 0.3 is 0 Å². The van der Waals surface area contributed by atoms with Crippen LogP contribution >= 0.6 is 0 Å². The molecule has 6 nitrogen and oxygen atoms in total. The fourth-order valence-corrected chi connectivity index (χ4v) is 2.63. The number of aliphatic hydroxyl groups excluding tert-OH is 1. The van der Waals surface area contributed by atoms with Gasteiger partial charge in [0.25, 0.3) is 17.7 Å². The van der Waals surface area contributed by atoms with Crippen LogP contribution in [0.3, 0.4) is 0 Å². The molecule has 1 heterocycles. The van der Waals surface area contributed by atoms with E-state index in [9.17, 15) is 28.3 Å². The Morgan fingerprint density at radius 1 is 1.08 bits per heavy atom. The van der Waals surface area contributed by atoms with Crippen LogP contribution in [0.15, 0.2) is 36.4 Å². The number of hydrogen-bond acceptors (Lipinski definition) is 4. The van der Waals surface area contributed by atoms with Crippen molar-refractivity contribution in [3.8, 4) is 0 Å². The number of carbonyl (C=O) groups excluding carboxylic acids is 3. The first-order valence-electron chi connectivity index (χ1n) is 7.67. The van der Waals surface area contributed by atoms with Crippen LogP contribution in [-0.4, -0.2) is 41.3 Å². The maximum atomic E-state index is 13.2. The highest BCUT2D eigenvalue weighted by molar-refractivity contribution is 6.21. The number of rotatable bonds is 4. The van der Waals surface area contributed by atoms with E-state index in [1.165, 1.54) is 31.3 Å². The molecule has 0 aromatic heterocycles. The summed E-state index contributed by atoms with van der Waals surface area (Å²) in [6.45, 7) is -0.242. The molecule has 0 radical (unpaired) electrons. The number of carbonyl (C=O) groups is 3. The van der Waals surface area contributed by atoms with Gasteiger partial charge in [0.1, 0.15) is 0 Å². The zero-order valence-corrected chi connectivity index (χ0v) is 13.6. The number of imide groups is 1. The molecule has 0 aliphatic carbocycles. The molecule has 2 aromatic carbocycles. The molecule has 0 unspecified atom stereocenters. The molecule has 2 N–H and O–H groups in total. The molecule has 3 amide bonds. The molecular weight excluding hydrogens is 346 g/mol. The van der Waals surface area contributed by atoms with Crippen molar-refractivity contribution in [2.24, 2.45) is 0 Å². The fourth-order valence-electron chi connectivity index (χ4n) is 2.63. The predicted molar refractivity (Wildman–Crippen MR) is 86.5 cm³/mol. The van der Waals surface area contributed by atoms with Gasteiger partial charge in [-0.25, -0.2) is 8.78 Å². The monoisotopic (exact) mass is 360 g/mol. The lowest BCUT2D eigenvalue weighted by atomic mass is 10.0. The summed E-state index contributed by atoms with van der Waals surface area (Å²) in [5, 5.41) is 12.4. The summed E-state index contributed by atoms with van der Waals surface area (Å²) in [6, 6.07) is 7.03. The third kappa shape index (κ3) is 3.06. The number of nitrogens with zero attached hydrogens (tertiary/aromatic N) is 1. The van der Waals surface area contributed by atoms with E-state index < -0.39 is 35.5 Å². The number of amides is 3. The van der Waals surface area contributed by atoms with Crippen LogP contribution in [0.2, 0.25) is 0 Å². The minimum atomic E-state index is -1.24. The Balaban J connectivity index is 1.70. The first kappa shape index (κ1) is 17.7. The van der Waals surface area contributed by atoms with Gasteiger partial charge in [-0.1, -0.05) is 6.07 Å². The fraction of sp³-hybridized carbons (Fsp3) is 0.167. The molecule has 0 spiro atoms. The van der Waals surface area contributed by atoms with E-state index in [2.05, 4.69) is 5.32 Å². The van der Waals surface area contributed by atoms with Crippen LogP contribution < -0.4 is 5.32 Å². The topological polar surface area (TPSA) is 86.7 Å². The minimum absolute atomic E-state index is 0.112. The van der Waals surface area contributed by atoms with Gasteiger partial charge in [0.15, 0.2) is 11.6 Å². The molecule has 26 heavy (non-hydrogen) atoms. The Hall–Kier alpha value is -3.13. The van der Waals surface area contributed by atoms with Crippen LogP contribution in [0.5, 0.6) is 0 Å². The Bertz CT molecular complexity index is 929. The third-order valence-electron chi connectivity index (χ3n) is 4.14. The Labute approximate surface area is 147 Å². The molecule has 134 valence electrons. The average Bonchev–Trinajstić information content (AvgIpc) is 2.85. The second-order valence-electron chi connectivity index (χ2n) is 5.83. The number of aliphatic hydroxyl groups is 1. The number of benzene rings is 2. The normalized spacial score (nSPS) is 14.4. The van der Waals surface area contributed by atoms with Crippen LogP contribution in [0.4, 0.5) is 8.78 Å². The standard InChI is InChI=1S/C18H14F2N2O4/c1-22-17(25)11-4-2-10(6-12(11)18(22)26)16(24)21-8-15(23)9-3-5-13(19)14(20)7-9/h2-7,15,23H,8H2,1H3,(H,21,24)/t15-/m0/s1. The summed E-state index contributed by atoms with van der Waals surface area (Å²) < 4.78 is 26.1. The van der Waals surface area contributed by atoms with E-state index in [1.54, 1.807) is 0 Å². The van der Waals surface area contributed by atoms with E-state index >= 15 is 0 Å². The molecule has 0 bridgehead atoms. The quantitative estimate of drug-likeness (QED) is 0.812. The number of nitrogens with one attached hydrogen (secondary N) is 1. The number of halogens is 2. The lowest BCUT2D eigenvalue weighted by Crippen LogP contribution is -2.28. The molecule has 3 rings (SSSR count). The molecule has 0 saturated heterocycles. The van der Waals surface area contributed by atoms with Crippen molar-refractivity contribution in [3.05, 3.63) is 70.3 Å². The third-order valence-corrected chi connectivity index (χ3v) is 4.14. The van der Waals surface area contributed by atoms with Gasteiger partial charge in [-0.3, -0.25) is 19.3 Å². The lowest BCUT2D eigenvalue weighted by molar-refractivity contribution is 0.0693. The maximum Gasteiger partial charge on any atom is 0.261 e. The van der Waals surface area contributed by atoms with Gasteiger partial charge in [0, 0.05) is 19.2 Å². The molecule has 0 saturated carbocycles. The molecule has 1 aliphatic rings. The van der Waals surface area contributed by atoms with Crippen molar-refractivity contribution in [2.45, 2.75) is 6.10 Å². The molecule has 0 fully saturated rings. The van der Waals surface area contributed by atoms with Gasteiger partial charge in [-0.2, -0.15) is 0 Å². The van der Waals surface area contributed by atoms with E-state index in [0.29, 0.717) is 0 Å². The average molecular weight is 360 g/mol.